The minimum atomic E-state index is 0.657. The first-order valence-corrected chi connectivity index (χ1v) is 6.66. The standard InChI is InChI=1S/C14H23ClN2/c1-4-11(2)10-17(3)14-12(8-9-16)6-5-7-13(14)15/h5-7,11H,4,8-10,16H2,1-3H3. The molecule has 0 aliphatic rings. The van der Waals surface area contributed by atoms with Crippen LogP contribution in [0.15, 0.2) is 18.2 Å². The van der Waals surface area contributed by atoms with Crippen LogP contribution >= 0.6 is 11.6 Å². The highest BCUT2D eigenvalue weighted by Gasteiger charge is 2.13. The second-order valence-electron chi connectivity index (χ2n) is 4.68. The molecule has 0 aliphatic heterocycles. The summed E-state index contributed by atoms with van der Waals surface area (Å²) in [6.07, 6.45) is 2.06. The molecule has 3 heteroatoms. The van der Waals surface area contributed by atoms with Crippen molar-refractivity contribution >= 4 is 17.3 Å². The van der Waals surface area contributed by atoms with Crippen LogP contribution in [0.5, 0.6) is 0 Å². The Hall–Kier alpha value is -0.730. The van der Waals surface area contributed by atoms with Crippen molar-refractivity contribution in [1.82, 2.24) is 0 Å². The summed E-state index contributed by atoms with van der Waals surface area (Å²) in [5.41, 5.74) is 8.03. The molecule has 0 amide bonds. The summed E-state index contributed by atoms with van der Waals surface area (Å²) >= 11 is 6.30. The maximum Gasteiger partial charge on any atom is 0.0642 e. The van der Waals surface area contributed by atoms with E-state index in [9.17, 15) is 0 Å². The van der Waals surface area contributed by atoms with Gasteiger partial charge in [-0.15, -0.1) is 0 Å². The number of benzene rings is 1. The molecule has 0 aromatic heterocycles. The first kappa shape index (κ1) is 14.3. The molecule has 96 valence electrons. The molecule has 2 nitrogen and oxygen atoms in total. The van der Waals surface area contributed by atoms with Crippen molar-refractivity contribution in [3.05, 3.63) is 28.8 Å². The Bertz CT molecular complexity index is 352. The van der Waals surface area contributed by atoms with Gasteiger partial charge >= 0.3 is 0 Å². The Balaban J connectivity index is 2.93. The first-order chi connectivity index (χ1) is 8.10. The molecular formula is C14H23ClN2. The maximum absolute atomic E-state index is 6.30. The van der Waals surface area contributed by atoms with E-state index in [2.05, 4.69) is 31.9 Å². The Kier molecular flexibility index (Phi) is 5.79. The molecule has 0 saturated carbocycles. The van der Waals surface area contributed by atoms with Crippen LogP contribution in [0.3, 0.4) is 0 Å². The van der Waals surface area contributed by atoms with Gasteiger partial charge in [-0.05, 0) is 30.5 Å². The summed E-state index contributed by atoms with van der Waals surface area (Å²) in [5, 5.41) is 0.821. The first-order valence-electron chi connectivity index (χ1n) is 6.28. The Labute approximate surface area is 110 Å². The highest BCUT2D eigenvalue weighted by atomic mass is 35.5. The number of hydrogen-bond acceptors (Lipinski definition) is 2. The van der Waals surface area contributed by atoms with Crippen LogP contribution in [-0.2, 0) is 6.42 Å². The number of rotatable bonds is 6. The van der Waals surface area contributed by atoms with Crippen LogP contribution in [0, 0.1) is 5.92 Å². The van der Waals surface area contributed by atoms with Gasteiger partial charge in [0.25, 0.3) is 0 Å². The van der Waals surface area contributed by atoms with Crippen molar-refractivity contribution in [2.45, 2.75) is 26.7 Å². The van der Waals surface area contributed by atoms with E-state index in [1.807, 2.05) is 12.1 Å². The van der Waals surface area contributed by atoms with Gasteiger partial charge in [0.15, 0.2) is 0 Å². The normalized spacial score (nSPS) is 12.5. The Morgan fingerprint density at radius 2 is 2.12 bits per heavy atom. The SMILES string of the molecule is CCC(C)CN(C)c1c(Cl)cccc1CCN. The molecule has 0 fully saturated rings. The zero-order chi connectivity index (χ0) is 12.8. The Morgan fingerprint density at radius 1 is 1.41 bits per heavy atom. The van der Waals surface area contributed by atoms with Crippen LogP contribution < -0.4 is 10.6 Å². The molecular weight excluding hydrogens is 232 g/mol. The summed E-state index contributed by atoms with van der Waals surface area (Å²) < 4.78 is 0. The fourth-order valence-electron chi connectivity index (χ4n) is 2.03. The largest absolute Gasteiger partial charge is 0.373 e. The maximum atomic E-state index is 6.30. The molecule has 1 aromatic rings. The van der Waals surface area contributed by atoms with Gasteiger partial charge in [-0.1, -0.05) is 44.0 Å². The van der Waals surface area contributed by atoms with E-state index in [0.29, 0.717) is 12.5 Å². The minimum Gasteiger partial charge on any atom is -0.373 e. The summed E-state index contributed by atoms with van der Waals surface area (Å²) in [6, 6.07) is 6.05. The van der Waals surface area contributed by atoms with Crippen molar-refractivity contribution in [3.63, 3.8) is 0 Å². The minimum absolute atomic E-state index is 0.657. The van der Waals surface area contributed by atoms with Crippen LogP contribution in [0.4, 0.5) is 5.69 Å². The molecule has 0 heterocycles. The zero-order valence-electron chi connectivity index (χ0n) is 11.0. The van der Waals surface area contributed by atoms with Gasteiger partial charge in [0.2, 0.25) is 0 Å². The lowest BCUT2D eigenvalue weighted by Crippen LogP contribution is -2.25. The van der Waals surface area contributed by atoms with E-state index in [-0.39, 0.29) is 0 Å². The van der Waals surface area contributed by atoms with Crippen molar-refractivity contribution in [1.29, 1.82) is 0 Å². The summed E-state index contributed by atoms with van der Waals surface area (Å²) in [5.74, 6) is 0.669. The van der Waals surface area contributed by atoms with Crippen LogP contribution in [-0.4, -0.2) is 20.1 Å². The predicted octanol–water partition coefficient (Wildman–Crippen LogP) is 3.32. The molecule has 0 spiro atoms. The fourth-order valence-corrected chi connectivity index (χ4v) is 2.37. The molecule has 0 aliphatic carbocycles. The third-order valence-electron chi connectivity index (χ3n) is 3.15. The van der Waals surface area contributed by atoms with Gasteiger partial charge in [-0.25, -0.2) is 0 Å². The van der Waals surface area contributed by atoms with Gasteiger partial charge in [-0.3, -0.25) is 0 Å². The summed E-state index contributed by atoms with van der Waals surface area (Å²) in [7, 11) is 2.10. The number of halogens is 1. The highest BCUT2D eigenvalue weighted by Crippen LogP contribution is 2.30. The van der Waals surface area contributed by atoms with Gasteiger partial charge in [0, 0.05) is 13.6 Å². The van der Waals surface area contributed by atoms with E-state index in [1.54, 1.807) is 0 Å². The lowest BCUT2D eigenvalue weighted by molar-refractivity contribution is 0.559. The van der Waals surface area contributed by atoms with Crippen LogP contribution in [0.2, 0.25) is 5.02 Å². The molecule has 17 heavy (non-hydrogen) atoms. The molecule has 0 saturated heterocycles. The monoisotopic (exact) mass is 254 g/mol. The molecule has 1 rings (SSSR count). The second-order valence-corrected chi connectivity index (χ2v) is 5.09. The molecule has 1 aromatic carbocycles. The van der Waals surface area contributed by atoms with Crippen molar-refractivity contribution in [2.75, 3.05) is 25.0 Å². The van der Waals surface area contributed by atoms with Gasteiger partial charge in [0.05, 0.1) is 10.7 Å². The molecule has 1 unspecified atom stereocenters. The van der Waals surface area contributed by atoms with Crippen molar-refractivity contribution < 1.29 is 0 Å². The number of para-hydroxylation sites is 1. The Morgan fingerprint density at radius 3 is 2.71 bits per heavy atom. The summed E-state index contributed by atoms with van der Waals surface area (Å²) in [6.45, 7) is 6.16. The predicted molar refractivity (Wildman–Crippen MR) is 76.9 cm³/mol. The molecule has 0 bridgehead atoms. The fraction of sp³-hybridized carbons (Fsp3) is 0.571. The van der Waals surface area contributed by atoms with Crippen molar-refractivity contribution in [2.24, 2.45) is 11.7 Å². The third-order valence-corrected chi connectivity index (χ3v) is 3.45. The zero-order valence-corrected chi connectivity index (χ0v) is 11.8. The lowest BCUT2D eigenvalue weighted by Gasteiger charge is -2.26. The topological polar surface area (TPSA) is 29.3 Å². The van der Waals surface area contributed by atoms with Crippen LogP contribution in [0.25, 0.3) is 0 Å². The molecule has 1 atom stereocenters. The average molecular weight is 255 g/mol. The second kappa shape index (κ2) is 6.87. The molecule has 0 radical (unpaired) electrons. The molecule has 2 N–H and O–H groups in total. The number of nitrogens with zero attached hydrogens (tertiary/aromatic N) is 1. The third kappa shape index (κ3) is 3.90. The van der Waals surface area contributed by atoms with Gasteiger partial charge in [-0.2, -0.15) is 0 Å². The van der Waals surface area contributed by atoms with Gasteiger partial charge in [0.1, 0.15) is 0 Å². The van der Waals surface area contributed by atoms with Crippen molar-refractivity contribution in [3.8, 4) is 0 Å². The van der Waals surface area contributed by atoms with Gasteiger partial charge < -0.3 is 10.6 Å². The van der Waals surface area contributed by atoms with E-state index < -0.39 is 0 Å². The summed E-state index contributed by atoms with van der Waals surface area (Å²) in [4.78, 5) is 2.25. The average Bonchev–Trinajstić information content (AvgIpc) is 2.29. The highest BCUT2D eigenvalue weighted by molar-refractivity contribution is 6.33. The van der Waals surface area contributed by atoms with E-state index >= 15 is 0 Å². The number of nitrogens with two attached hydrogens (primary N) is 1. The number of hydrogen-bond donors (Lipinski definition) is 1. The quantitative estimate of drug-likeness (QED) is 0.844. The smallest absolute Gasteiger partial charge is 0.0642 e. The van der Waals surface area contributed by atoms with E-state index in [0.717, 1.165) is 23.7 Å². The van der Waals surface area contributed by atoms with E-state index in [4.69, 9.17) is 17.3 Å². The number of anilines is 1. The van der Waals surface area contributed by atoms with E-state index in [1.165, 1.54) is 12.0 Å². The van der Waals surface area contributed by atoms with Crippen LogP contribution in [0.1, 0.15) is 25.8 Å². The lowest BCUT2D eigenvalue weighted by atomic mass is 10.1.